The zero-order chi connectivity index (χ0) is 13.7. The van der Waals surface area contributed by atoms with Crippen LogP contribution in [0.15, 0.2) is 30.3 Å². The molecule has 1 aliphatic heterocycles. The lowest BCUT2D eigenvalue weighted by Gasteiger charge is -2.20. The van der Waals surface area contributed by atoms with Crippen molar-refractivity contribution in [2.24, 2.45) is 0 Å². The average Bonchev–Trinajstić information content (AvgIpc) is 2.92. The van der Waals surface area contributed by atoms with Crippen molar-refractivity contribution in [2.75, 3.05) is 6.54 Å². The lowest BCUT2D eigenvalue weighted by molar-refractivity contribution is -0.137. The number of benzene rings is 1. The van der Waals surface area contributed by atoms with E-state index in [2.05, 4.69) is 10.6 Å². The number of rotatable bonds is 5. The number of carbonyl (C=O) groups is 2. The molecule has 1 amide bonds. The monoisotopic (exact) mass is 262 g/mol. The first-order valence-corrected chi connectivity index (χ1v) is 6.47. The second-order valence-corrected chi connectivity index (χ2v) is 4.72. The van der Waals surface area contributed by atoms with E-state index in [1.807, 2.05) is 30.3 Å². The molecule has 0 aliphatic carbocycles. The van der Waals surface area contributed by atoms with Crippen molar-refractivity contribution in [1.29, 1.82) is 0 Å². The van der Waals surface area contributed by atoms with Gasteiger partial charge in [-0.05, 0) is 24.9 Å². The number of hydrogen-bond donors (Lipinski definition) is 3. The third kappa shape index (κ3) is 3.79. The van der Waals surface area contributed by atoms with Crippen LogP contribution in [0.2, 0.25) is 0 Å². The van der Waals surface area contributed by atoms with Crippen LogP contribution in [-0.2, 0) is 9.59 Å². The summed E-state index contributed by atoms with van der Waals surface area (Å²) in [5.74, 6) is -1.04. The molecule has 2 rings (SSSR count). The van der Waals surface area contributed by atoms with Crippen LogP contribution in [0.1, 0.15) is 30.9 Å². The number of carboxylic acid groups (broad SMARTS) is 1. The maximum absolute atomic E-state index is 12.0. The quantitative estimate of drug-likeness (QED) is 0.741. The fourth-order valence-corrected chi connectivity index (χ4v) is 2.29. The molecule has 2 atom stereocenters. The maximum Gasteiger partial charge on any atom is 0.305 e. The van der Waals surface area contributed by atoms with Crippen LogP contribution >= 0.6 is 0 Å². The van der Waals surface area contributed by atoms with Crippen molar-refractivity contribution in [1.82, 2.24) is 10.6 Å². The molecule has 5 heteroatoms. The smallest absolute Gasteiger partial charge is 0.305 e. The molecule has 1 fully saturated rings. The first kappa shape index (κ1) is 13.5. The van der Waals surface area contributed by atoms with E-state index in [1.165, 1.54) is 0 Å². The number of nitrogens with one attached hydrogen (secondary N) is 2. The minimum atomic E-state index is -0.923. The summed E-state index contributed by atoms with van der Waals surface area (Å²) in [5, 5.41) is 14.9. The highest BCUT2D eigenvalue weighted by Gasteiger charge is 2.25. The van der Waals surface area contributed by atoms with E-state index in [-0.39, 0.29) is 18.4 Å². The van der Waals surface area contributed by atoms with Crippen LogP contribution in [0.5, 0.6) is 0 Å². The third-order valence-corrected chi connectivity index (χ3v) is 3.27. The molecular formula is C14H18N2O3. The first-order valence-electron chi connectivity index (χ1n) is 6.47. The zero-order valence-corrected chi connectivity index (χ0v) is 10.6. The van der Waals surface area contributed by atoms with Gasteiger partial charge in [0.15, 0.2) is 0 Å². The Hall–Kier alpha value is -1.88. The fourth-order valence-electron chi connectivity index (χ4n) is 2.29. The van der Waals surface area contributed by atoms with E-state index in [4.69, 9.17) is 5.11 Å². The van der Waals surface area contributed by atoms with Gasteiger partial charge in [0, 0.05) is 0 Å². The van der Waals surface area contributed by atoms with E-state index >= 15 is 0 Å². The summed E-state index contributed by atoms with van der Waals surface area (Å²) in [4.78, 5) is 23.0. The molecule has 1 unspecified atom stereocenters. The molecule has 102 valence electrons. The van der Waals surface area contributed by atoms with E-state index in [9.17, 15) is 9.59 Å². The molecule has 1 aliphatic rings. The summed E-state index contributed by atoms with van der Waals surface area (Å²) in [5.41, 5.74) is 0.816. The average molecular weight is 262 g/mol. The lowest BCUT2D eigenvalue weighted by atomic mass is 10.0. The van der Waals surface area contributed by atoms with E-state index in [0.29, 0.717) is 0 Å². The van der Waals surface area contributed by atoms with Crippen molar-refractivity contribution in [3.63, 3.8) is 0 Å². The van der Waals surface area contributed by atoms with Crippen molar-refractivity contribution in [2.45, 2.75) is 31.3 Å². The summed E-state index contributed by atoms with van der Waals surface area (Å²) in [6.45, 7) is 0.840. The van der Waals surface area contributed by atoms with Gasteiger partial charge in [-0.2, -0.15) is 0 Å². The van der Waals surface area contributed by atoms with Crippen molar-refractivity contribution in [3.8, 4) is 0 Å². The first-order chi connectivity index (χ1) is 9.16. The summed E-state index contributed by atoms with van der Waals surface area (Å²) >= 11 is 0. The third-order valence-electron chi connectivity index (χ3n) is 3.27. The minimum absolute atomic E-state index is 0.109. The van der Waals surface area contributed by atoms with Crippen LogP contribution in [-0.4, -0.2) is 29.6 Å². The Morgan fingerprint density at radius 3 is 2.68 bits per heavy atom. The van der Waals surface area contributed by atoms with Crippen LogP contribution in [0.25, 0.3) is 0 Å². The number of amides is 1. The second kappa shape index (κ2) is 6.33. The van der Waals surface area contributed by atoms with Crippen molar-refractivity contribution < 1.29 is 14.7 Å². The van der Waals surface area contributed by atoms with Crippen LogP contribution in [0.4, 0.5) is 0 Å². The highest BCUT2D eigenvalue weighted by Crippen LogP contribution is 2.17. The molecule has 19 heavy (non-hydrogen) atoms. The van der Waals surface area contributed by atoms with Crippen LogP contribution < -0.4 is 10.6 Å². The maximum atomic E-state index is 12.0. The van der Waals surface area contributed by atoms with Crippen LogP contribution in [0, 0.1) is 0 Å². The Bertz CT molecular complexity index is 441. The Morgan fingerprint density at radius 2 is 2.11 bits per heavy atom. The standard InChI is InChI=1S/C14H18N2O3/c17-13(18)9-12(10-5-2-1-3-6-10)16-14(19)11-7-4-8-15-11/h1-3,5-6,11-12,15H,4,7-9H2,(H,16,19)(H,17,18)/t11-,12?/m1/s1. The van der Waals surface area contributed by atoms with Gasteiger partial charge in [0.2, 0.25) is 5.91 Å². The lowest BCUT2D eigenvalue weighted by Crippen LogP contribution is -2.42. The Labute approximate surface area is 112 Å². The summed E-state index contributed by atoms with van der Waals surface area (Å²) < 4.78 is 0. The molecule has 1 saturated heterocycles. The van der Waals surface area contributed by atoms with Crippen LogP contribution in [0.3, 0.4) is 0 Å². The van der Waals surface area contributed by atoms with Gasteiger partial charge in [-0.25, -0.2) is 0 Å². The predicted octanol–water partition coefficient (Wildman–Crippen LogP) is 1.07. The molecule has 5 nitrogen and oxygen atoms in total. The van der Waals surface area contributed by atoms with Gasteiger partial charge in [-0.15, -0.1) is 0 Å². The Balaban J connectivity index is 2.05. The van der Waals surface area contributed by atoms with E-state index < -0.39 is 12.0 Å². The highest BCUT2D eigenvalue weighted by molar-refractivity contribution is 5.83. The summed E-state index contributed by atoms with van der Waals surface area (Å²) in [6.07, 6.45) is 1.68. The minimum Gasteiger partial charge on any atom is -0.481 e. The molecule has 0 bridgehead atoms. The van der Waals surface area contributed by atoms with Gasteiger partial charge in [0.25, 0.3) is 0 Å². The summed E-state index contributed by atoms with van der Waals surface area (Å²) in [7, 11) is 0. The molecule has 3 N–H and O–H groups in total. The normalized spacial score (nSPS) is 19.9. The number of carboxylic acids is 1. The molecule has 0 saturated carbocycles. The topological polar surface area (TPSA) is 78.4 Å². The SMILES string of the molecule is O=C(O)CC(NC(=O)[C@H]1CCCN1)c1ccccc1. The second-order valence-electron chi connectivity index (χ2n) is 4.72. The molecular weight excluding hydrogens is 244 g/mol. The number of aliphatic carboxylic acids is 1. The molecule has 1 aromatic rings. The van der Waals surface area contributed by atoms with Gasteiger partial charge < -0.3 is 15.7 Å². The number of hydrogen-bond acceptors (Lipinski definition) is 3. The predicted molar refractivity (Wildman–Crippen MR) is 70.6 cm³/mol. The van der Waals surface area contributed by atoms with Gasteiger partial charge in [-0.3, -0.25) is 9.59 Å². The van der Waals surface area contributed by atoms with Gasteiger partial charge in [0.1, 0.15) is 0 Å². The molecule has 0 aromatic heterocycles. The zero-order valence-electron chi connectivity index (χ0n) is 10.6. The molecule has 1 aromatic carbocycles. The molecule has 0 radical (unpaired) electrons. The van der Waals surface area contributed by atoms with E-state index in [0.717, 1.165) is 24.9 Å². The van der Waals surface area contributed by atoms with Crippen molar-refractivity contribution in [3.05, 3.63) is 35.9 Å². The molecule has 0 spiro atoms. The fraction of sp³-hybridized carbons (Fsp3) is 0.429. The van der Waals surface area contributed by atoms with Crippen molar-refractivity contribution >= 4 is 11.9 Å². The summed E-state index contributed by atoms with van der Waals surface area (Å²) in [6, 6.07) is 8.52. The largest absolute Gasteiger partial charge is 0.481 e. The Kier molecular flexibility index (Phi) is 4.52. The highest BCUT2D eigenvalue weighted by atomic mass is 16.4. The van der Waals surface area contributed by atoms with Gasteiger partial charge in [-0.1, -0.05) is 30.3 Å². The number of carbonyl (C=O) groups excluding carboxylic acids is 1. The molecule has 1 heterocycles. The van der Waals surface area contributed by atoms with Gasteiger partial charge in [0.05, 0.1) is 18.5 Å². The van der Waals surface area contributed by atoms with E-state index in [1.54, 1.807) is 0 Å². The van der Waals surface area contributed by atoms with Gasteiger partial charge >= 0.3 is 5.97 Å². The Morgan fingerprint density at radius 1 is 1.37 bits per heavy atom.